The third-order valence-corrected chi connectivity index (χ3v) is 4.07. The van der Waals surface area contributed by atoms with E-state index in [4.69, 9.17) is 0 Å². The molecule has 1 aromatic carbocycles. The molecular weight excluding hydrogens is 282 g/mol. The lowest BCUT2D eigenvalue weighted by atomic mass is 10.2. The highest BCUT2D eigenvalue weighted by molar-refractivity contribution is 9.11. The zero-order valence-electron chi connectivity index (χ0n) is 9.40. The first kappa shape index (κ1) is 11.7. The molecule has 0 amide bonds. The fourth-order valence-corrected chi connectivity index (χ4v) is 3.16. The lowest BCUT2D eigenvalue weighted by Crippen LogP contribution is -2.15. The van der Waals surface area contributed by atoms with Crippen LogP contribution in [0.25, 0.3) is 0 Å². The predicted molar refractivity (Wildman–Crippen MR) is 75.3 cm³/mol. The van der Waals surface area contributed by atoms with Gasteiger partial charge in [0.15, 0.2) is 0 Å². The SMILES string of the molecule is Cc1cccc(N(C)Cc2ccc(Br)s2)c1. The number of rotatable bonds is 3. The third-order valence-electron chi connectivity index (χ3n) is 2.46. The molecule has 1 heterocycles. The van der Waals surface area contributed by atoms with Crippen LogP contribution in [0.4, 0.5) is 5.69 Å². The molecule has 0 aliphatic carbocycles. The molecule has 0 fully saturated rings. The van der Waals surface area contributed by atoms with Crippen molar-refractivity contribution in [2.24, 2.45) is 0 Å². The quantitative estimate of drug-likeness (QED) is 0.808. The molecule has 0 bridgehead atoms. The second-order valence-corrected chi connectivity index (χ2v) is 6.45. The van der Waals surface area contributed by atoms with Gasteiger partial charge in [0.2, 0.25) is 0 Å². The van der Waals surface area contributed by atoms with Gasteiger partial charge in [-0.25, -0.2) is 0 Å². The van der Waals surface area contributed by atoms with Crippen LogP contribution in [-0.4, -0.2) is 7.05 Å². The van der Waals surface area contributed by atoms with Crippen LogP contribution in [0.15, 0.2) is 40.2 Å². The maximum absolute atomic E-state index is 3.49. The van der Waals surface area contributed by atoms with E-state index in [1.165, 1.54) is 19.9 Å². The predicted octanol–water partition coefficient (Wildman–Crippen LogP) is 4.46. The second kappa shape index (κ2) is 5.02. The van der Waals surface area contributed by atoms with Crippen molar-refractivity contribution in [3.63, 3.8) is 0 Å². The van der Waals surface area contributed by atoms with Gasteiger partial charge in [-0.2, -0.15) is 0 Å². The van der Waals surface area contributed by atoms with Gasteiger partial charge in [0, 0.05) is 17.6 Å². The standard InChI is InChI=1S/C13H14BrNS/c1-10-4-3-5-11(8-10)15(2)9-12-6-7-13(14)16-12/h3-8H,9H2,1-2H3. The van der Waals surface area contributed by atoms with Crippen molar-refractivity contribution in [1.82, 2.24) is 0 Å². The average Bonchev–Trinajstić information content (AvgIpc) is 2.64. The van der Waals surface area contributed by atoms with Crippen LogP contribution in [0.1, 0.15) is 10.4 Å². The molecule has 0 saturated carbocycles. The maximum Gasteiger partial charge on any atom is 0.0702 e. The molecule has 0 spiro atoms. The van der Waals surface area contributed by atoms with E-state index >= 15 is 0 Å². The summed E-state index contributed by atoms with van der Waals surface area (Å²) in [5, 5.41) is 0. The van der Waals surface area contributed by atoms with Crippen molar-refractivity contribution < 1.29 is 0 Å². The highest BCUT2D eigenvalue weighted by atomic mass is 79.9. The van der Waals surface area contributed by atoms with Crippen LogP contribution in [0.2, 0.25) is 0 Å². The monoisotopic (exact) mass is 295 g/mol. The minimum Gasteiger partial charge on any atom is -0.369 e. The third kappa shape index (κ3) is 2.86. The van der Waals surface area contributed by atoms with E-state index in [-0.39, 0.29) is 0 Å². The van der Waals surface area contributed by atoms with Crippen LogP contribution in [0, 0.1) is 6.92 Å². The highest BCUT2D eigenvalue weighted by Crippen LogP contribution is 2.25. The molecule has 2 aromatic rings. The van der Waals surface area contributed by atoms with E-state index in [0.717, 1.165) is 6.54 Å². The summed E-state index contributed by atoms with van der Waals surface area (Å²) < 4.78 is 1.19. The number of anilines is 1. The highest BCUT2D eigenvalue weighted by Gasteiger charge is 2.04. The van der Waals surface area contributed by atoms with Gasteiger partial charge in [0.1, 0.15) is 0 Å². The van der Waals surface area contributed by atoms with Crippen LogP contribution >= 0.6 is 27.3 Å². The summed E-state index contributed by atoms with van der Waals surface area (Å²) in [5.41, 5.74) is 2.57. The Balaban J connectivity index is 2.11. The van der Waals surface area contributed by atoms with Crippen LogP contribution in [-0.2, 0) is 6.54 Å². The topological polar surface area (TPSA) is 3.24 Å². The summed E-state index contributed by atoms with van der Waals surface area (Å²) in [6, 6.07) is 12.9. The molecule has 0 atom stereocenters. The smallest absolute Gasteiger partial charge is 0.0702 e. The van der Waals surface area contributed by atoms with Crippen LogP contribution in [0.3, 0.4) is 0 Å². The normalized spacial score (nSPS) is 10.4. The van der Waals surface area contributed by atoms with Gasteiger partial charge in [0.05, 0.1) is 10.3 Å². The van der Waals surface area contributed by atoms with Gasteiger partial charge in [-0.1, -0.05) is 12.1 Å². The van der Waals surface area contributed by atoms with Gasteiger partial charge in [-0.3, -0.25) is 0 Å². The first-order chi connectivity index (χ1) is 7.65. The van der Waals surface area contributed by atoms with Gasteiger partial charge in [-0.05, 0) is 52.7 Å². The first-order valence-electron chi connectivity index (χ1n) is 5.17. The Kier molecular flexibility index (Phi) is 3.66. The van der Waals surface area contributed by atoms with Crippen LogP contribution < -0.4 is 4.90 Å². The van der Waals surface area contributed by atoms with Crippen LogP contribution in [0.5, 0.6) is 0 Å². The van der Waals surface area contributed by atoms with E-state index < -0.39 is 0 Å². The van der Waals surface area contributed by atoms with Crippen molar-refractivity contribution in [2.45, 2.75) is 13.5 Å². The fourth-order valence-electron chi connectivity index (χ4n) is 1.63. The zero-order valence-corrected chi connectivity index (χ0v) is 11.8. The summed E-state index contributed by atoms with van der Waals surface area (Å²) in [6.07, 6.45) is 0. The van der Waals surface area contributed by atoms with E-state index in [1.807, 2.05) is 0 Å². The average molecular weight is 296 g/mol. The number of nitrogens with zero attached hydrogens (tertiary/aromatic N) is 1. The molecule has 2 rings (SSSR count). The molecule has 16 heavy (non-hydrogen) atoms. The fraction of sp³-hybridized carbons (Fsp3) is 0.231. The van der Waals surface area contributed by atoms with Gasteiger partial charge in [-0.15, -0.1) is 11.3 Å². The first-order valence-corrected chi connectivity index (χ1v) is 6.78. The molecule has 0 radical (unpaired) electrons. The Morgan fingerprint density at radius 1 is 1.25 bits per heavy atom. The zero-order chi connectivity index (χ0) is 11.5. The summed E-state index contributed by atoms with van der Waals surface area (Å²) in [5.74, 6) is 0. The number of halogens is 1. The molecule has 0 aliphatic rings. The molecule has 0 N–H and O–H groups in total. The van der Waals surface area contributed by atoms with E-state index in [0.29, 0.717) is 0 Å². The van der Waals surface area contributed by atoms with Gasteiger partial charge in [0.25, 0.3) is 0 Å². The largest absolute Gasteiger partial charge is 0.369 e. The van der Waals surface area contributed by atoms with Crippen molar-refractivity contribution in [3.05, 3.63) is 50.6 Å². The lowest BCUT2D eigenvalue weighted by Gasteiger charge is -2.18. The number of benzene rings is 1. The van der Waals surface area contributed by atoms with E-state index in [1.54, 1.807) is 11.3 Å². The Hall–Kier alpha value is -0.800. The summed E-state index contributed by atoms with van der Waals surface area (Å²) in [6.45, 7) is 3.08. The molecule has 0 aliphatic heterocycles. The van der Waals surface area contributed by atoms with Crippen molar-refractivity contribution >= 4 is 33.0 Å². The number of hydrogen-bond acceptors (Lipinski definition) is 2. The molecule has 3 heteroatoms. The van der Waals surface area contributed by atoms with E-state index in [9.17, 15) is 0 Å². The summed E-state index contributed by atoms with van der Waals surface area (Å²) in [7, 11) is 2.13. The van der Waals surface area contributed by atoms with Crippen molar-refractivity contribution in [2.75, 3.05) is 11.9 Å². The second-order valence-electron chi connectivity index (χ2n) is 3.90. The molecule has 84 valence electrons. The molecular formula is C13H14BrNS. The van der Waals surface area contributed by atoms with Gasteiger partial charge >= 0.3 is 0 Å². The lowest BCUT2D eigenvalue weighted by molar-refractivity contribution is 0.939. The van der Waals surface area contributed by atoms with Crippen molar-refractivity contribution in [3.8, 4) is 0 Å². The van der Waals surface area contributed by atoms with Crippen molar-refractivity contribution in [1.29, 1.82) is 0 Å². The molecule has 1 aromatic heterocycles. The Morgan fingerprint density at radius 2 is 2.06 bits per heavy atom. The Bertz CT molecular complexity index is 478. The molecule has 1 nitrogen and oxygen atoms in total. The maximum atomic E-state index is 3.49. The number of aryl methyl sites for hydroxylation is 1. The Labute approximate surface area is 109 Å². The Morgan fingerprint density at radius 3 is 2.69 bits per heavy atom. The van der Waals surface area contributed by atoms with Gasteiger partial charge < -0.3 is 4.90 Å². The summed E-state index contributed by atoms with van der Waals surface area (Å²) >= 11 is 5.28. The molecule has 0 unspecified atom stereocenters. The minimum atomic E-state index is 0.958. The molecule has 0 saturated heterocycles. The van der Waals surface area contributed by atoms with E-state index in [2.05, 4.69) is 71.2 Å². The number of hydrogen-bond donors (Lipinski definition) is 0. The number of thiophene rings is 1. The summed E-state index contributed by atoms with van der Waals surface area (Å²) in [4.78, 5) is 3.64. The minimum absolute atomic E-state index is 0.958.